The number of rotatable bonds is 5. The van der Waals surface area contributed by atoms with Gasteiger partial charge in [0.05, 0.1) is 18.8 Å². The van der Waals surface area contributed by atoms with E-state index < -0.39 is 0 Å². The van der Waals surface area contributed by atoms with Gasteiger partial charge >= 0.3 is 0 Å². The number of nitrogens with zero attached hydrogens (tertiary/aromatic N) is 4. The Bertz CT molecular complexity index is 810. The minimum Gasteiger partial charge on any atom is -0.494 e. The number of aromatic nitrogens is 3. The second kappa shape index (κ2) is 6.78. The molecule has 3 heterocycles. The lowest BCUT2D eigenvalue weighted by Crippen LogP contribution is -2.55. The third kappa shape index (κ3) is 3.14. The van der Waals surface area contributed by atoms with E-state index in [-0.39, 0.29) is 23.9 Å². The summed E-state index contributed by atoms with van der Waals surface area (Å²) in [5.74, 6) is 0.784. The summed E-state index contributed by atoms with van der Waals surface area (Å²) < 4.78 is 7.25. The van der Waals surface area contributed by atoms with Crippen LogP contribution < -0.4 is 10.1 Å². The van der Waals surface area contributed by atoms with Crippen LogP contribution in [-0.2, 0) is 9.59 Å². The molecule has 1 aromatic carbocycles. The van der Waals surface area contributed by atoms with E-state index in [1.165, 1.54) is 0 Å². The van der Waals surface area contributed by atoms with Gasteiger partial charge in [-0.15, -0.1) is 5.10 Å². The van der Waals surface area contributed by atoms with E-state index in [0.29, 0.717) is 32.5 Å². The fourth-order valence-corrected chi connectivity index (χ4v) is 3.30. The Kier molecular flexibility index (Phi) is 4.32. The van der Waals surface area contributed by atoms with E-state index in [2.05, 4.69) is 15.6 Å². The predicted molar refractivity (Wildman–Crippen MR) is 93.4 cm³/mol. The summed E-state index contributed by atoms with van der Waals surface area (Å²) in [5.41, 5.74) is 1.77. The number of likely N-dealkylation sites (tertiary alicyclic amines) is 1. The van der Waals surface area contributed by atoms with E-state index in [4.69, 9.17) is 4.74 Å². The van der Waals surface area contributed by atoms with Gasteiger partial charge in [0, 0.05) is 25.1 Å². The fraction of sp³-hybridized carbons (Fsp3) is 0.444. The zero-order chi connectivity index (χ0) is 18.1. The summed E-state index contributed by atoms with van der Waals surface area (Å²) in [6.45, 7) is 3.78. The van der Waals surface area contributed by atoms with Gasteiger partial charge in [-0.25, -0.2) is 4.68 Å². The molecule has 0 saturated carbocycles. The Hall–Kier alpha value is -2.90. The largest absolute Gasteiger partial charge is 0.494 e. The van der Waals surface area contributed by atoms with E-state index in [0.717, 1.165) is 17.0 Å². The molecule has 2 saturated heterocycles. The lowest BCUT2D eigenvalue weighted by molar-refractivity contribution is -0.140. The summed E-state index contributed by atoms with van der Waals surface area (Å²) in [6, 6.07) is 7.51. The highest BCUT2D eigenvalue weighted by atomic mass is 16.5. The number of nitrogens with one attached hydrogen (secondary N) is 1. The number of carbonyl (C=O) groups excluding carboxylic acids is 2. The quantitative estimate of drug-likeness (QED) is 0.864. The molecule has 1 aromatic heterocycles. The van der Waals surface area contributed by atoms with Crippen LogP contribution in [0.15, 0.2) is 30.5 Å². The van der Waals surface area contributed by atoms with Crippen molar-refractivity contribution in [3.8, 4) is 17.0 Å². The fourth-order valence-electron chi connectivity index (χ4n) is 3.30. The van der Waals surface area contributed by atoms with Gasteiger partial charge in [0.1, 0.15) is 17.5 Å². The number of carbonyl (C=O) groups is 2. The average Bonchev–Trinajstić information content (AvgIpc) is 3.24. The summed E-state index contributed by atoms with van der Waals surface area (Å²) in [5, 5.41) is 11.2. The first-order valence-corrected chi connectivity index (χ1v) is 8.87. The molecule has 2 aliphatic heterocycles. The molecule has 26 heavy (non-hydrogen) atoms. The molecule has 4 rings (SSSR count). The van der Waals surface area contributed by atoms with Gasteiger partial charge in [-0.2, -0.15) is 0 Å². The predicted octanol–water partition coefficient (Wildman–Crippen LogP) is 1.01. The van der Waals surface area contributed by atoms with Crippen molar-refractivity contribution in [2.75, 3.05) is 19.7 Å². The lowest BCUT2D eigenvalue weighted by atomic mass is 10.1. The zero-order valence-corrected chi connectivity index (χ0v) is 14.6. The van der Waals surface area contributed by atoms with Crippen molar-refractivity contribution < 1.29 is 14.3 Å². The second-order valence-corrected chi connectivity index (χ2v) is 6.60. The molecule has 136 valence electrons. The highest BCUT2D eigenvalue weighted by Gasteiger charge is 2.38. The van der Waals surface area contributed by atoms with E-state index in [1.807, 2.05) is 42.1 Å². The normalized spacial score (nSPS) is 20.0. The van der Waals surface area contributed by atoms with Gasteiger partial charge in [-0.3, -0.25) is 9.59 Å². The highest BCUT2D eigenvalue weighted by molar-refractivity contribution is 5.91. The molecular weight excluding hydrogens is 334 g/mol. The molecule has 1 N–H and O–H groups in total. The van der Waals surface area contributed by atoms with Gasteiger partial charge in [0.25, 0.3) is 0 Å². The second-order valence-electron chi connectivity index (χ2n) is 6.60. The standard InChI is InChI=1S/C18H21N5O3/c1-2-26-14-5-3-12(4-6-14)16-11-23(21-20-16)13-9-22(10-13)18(25)15-7-8-17(24)19-15/h3-6,11,13,15H,2,7-10H2,1H3,(H,19,24)/t15-/m1/s1. The highest BCUT2D eigenvalue weighted by Crippen LogP contribution is 2.26. The maximum atomic E-state index is 12.3. The van der Waals surface area contributed by atoms with Crippen molar-refractivity contribution >= 4 is 11.8 Å². The van der Waals surface area contributed by atoms with Crippen LogP contribution in [0.2, 0.25) is 0 Å². The molecule has 0 unspecified atom stereocenters. The summed E-state index contributed by atoms with van der Waals surface area (Å²) in [6.07, 6.45) is 2.92. The van der Waals surface area contributed by atoms with Crippen LogP contribution in [0, 0.1) is 0 Å². The van der Waals surface area contributed by atoms with E-state index in [1.54, 1.807) is 4.90 Å². The Morgan fingerprint density at radius 2 is 2.08 bits per heavy atom. The molecule has 0 spiro atoms. The first-order chi connectivity index (χ1) is 12.6. The van der Waals surface area contributed by atoms with Crippen LogP contribution in [0.1, 0.15) is 25.8 Å². The number of hydrogen-bond donors (Lipinski definition) is 1. The Morgan fingerprint density at radius 3 is 2.73 bits per heavy atom. The summed E-state index contributed by atoms with van der Waals surface area (Å²) >= 11 is 0. The molecular formula is C18H21N5O3. The molecule has 2 aliphatic rings. The number of ether oxygens (including phenoxy) is 1. The molecule has 0 aliphatic carbocycles. The van der Waals surface area contributed by atoms with Crippen LogP contribution in [0.3, 0.4) is 0 Å². The minimum absolute atomic E-state index is 0.000971. The van der Waals surface area contributed by atoms with Gasteiger partial charge in [0.15, 0.2) is 0 Å². The maximum absolute atomic E-state index is 12.3. The molecule has 8 heteroatoms. The lowest BCUT2D eigenvalue weighted by Gasteiger charge is -2.40. The smallest absolute Gasteiger partial charge is 0.245 e. The van der Waals surface area contributed by atoms with Gasteiger partial charge in [-0.1, -0.05) is 5.21 Å². The molecule has 2 fully saturated rings. The molecule has 2 amide bonds. The van der Waals surface area contributed by atoms with Crippen LogP contribution in [0.4, 0.5) is 0 Å². The van der Waals surface area contributed by atoms with Crippen LogP contribution in [0.25, 0.3) is 11.3 Å². The Morgan fingerprint density at radius 1 is 1.31 bits per heavy atom. The van der Waals surface area contributed by atoms with Crippen molar-refractivity contribution in [3.05, 3.63) is 30.5 Å². The average molecular weight is 355 g/mol. The van der Waals surface area contributed by atoms with Crippen molar-refractivity contribution in [2.24, 2.45) is 0 Å². The maximum Gasteiger partial charge on any atom is 0.245 e. The SMILES string of the molecule is CCOc1ccc(-c2cn(C3CN(C(=O)[C@H]4CCC(=O)N4)C3)nn2)cc1. The molecule has 0 bridgehead atoms. The summed E-state index contributed by atoms with van der Waals surface area (Å²) in [7, 11) is 0. The van der Waals surface area contributed by atoms with Crippen molar-refractivity contribution in [1.82, 2.24) is 25.2 Å². The van der Waals surface area contributed by atoms with Gasteiger partial charge in [-0.05, 0) is 37.6 Å². The Balaban J connectivity index is 1.36. The number of hydrogen-bond acceptors (Lipinski definition) is 5. The van der Waals surface area contributed by atoms with E-state index in [9.17, 15) is 9.59 Å². The van der Waals surface area contributed by atoms with E-state index >= 15 is 0 Å². The first-order valence-electron chi connectivity index (χ1n) is 8.87. The van der Waals surface area contributed by atoms with Crippen molar-refractivity contribution in [1.29, 1.82) is 0 Å². The van der Waals surface area contributed by atoms with Crippen molar-refractivity contribution in [2.45, 2.75) is 31.8 Å². The molecule has 0 radical (unpaired) electrons. The molecule has 2 aromatic rings. The Labute approximate surface area is 151 Å². The van der Waals surface area contributed by atoms with Gasteiger partial charge < -0.3 is 15.0 Å². The minimum atomic E-state index is -0.362. The topological polar surface area (TPSA) is 89.4 Å². The molecule has 8 nitrogen and oxygen atoms in total. The summed E-state index contributed by atoms with van der Waals surface area (Å²) in [4.78, 5) is 25.3. The van der Waals surface area contributed by atoms with Crippen molar-refractivity contribution in [3.63, 3.8) is 0 Å². The van der Waals surface area contributed by atoms with Crippen LogP contribution in [0.5, 0.6) is 5.75 Å². The first kappa shape index (κ1) is 16.6. The monoisotopic (exact) mass is 355 g/mol. The van der Waals surface area contributed by atoms with Crippen LogP contribution in [-0.4, -0.2) is 57.4 Å². The van der Waals surface area contributed by atoms with Crippen LogP contribution >= 0.6 is 0 Å². The zero-order valence-electron chi connectivity index (χ0n) is 14.6. The number of benzene rings is 1. The molecule has 1 atom stereocenters. The number of amides is 2. The third-order valence-corrected chi connectivity index (χ3v) is 4.81. The third-order valence-electron chi connectivity index (χ3n) is 4.81. The van der Waals surface area contributed by atoms with Gasteiger partial charge in [0.2, 0.25) is 11.8 Å².